The van der Waals surface area contributed by atoms with Crippen LogP contribution in [0.3, 0.4) is 0 Å². The summed E-state index contributed by atoms with van der Waals surface area (Å²) in [6.45, 7) is 5.84. The van der Waals surface area contributed by atoms with Crippen molar-refractivity contribution in [1.29, 1.82) is 0 Å². The molecule has 2 rings (SSSR count). The first-order valence-corrected chi connectivity index (χ1v) is 5.41. The van der Waals surface area contributed by atoms with Crippen LogP contribution in [0.25, 0.3) is 16.3 Å². The van der Waals surface area contributed by atoms with E-state index in [2.05, 4.69) is 6.58 Å². The smallest absolute Gasteiger partial charge is 0.338 e. The molecule has 0 aliphatic heterocycles. The summed E-state index contributed by atoms with van der Waals surface area (Å²) in [5, 5.41) is 2.13. The Morgan fingerprint density at radius 1 is 1.18 bits per heavy atom. The Balaban J connectivity index is 2.82. The molecule has 0 aliphatic rings. The van der Waals surface area contributed by atoms with Crippen molar-refractivity contribution < 1.29 is 9.53 Å². The summed E-state index contributed by atoms with van der Waals surface area (Å²) < 4.78 is 4.80. The molecule has 0 radical (unpaired) electrons. The molecule has 0 heterocycles. The van der Waals surface area contributed by atoms with Crippen LogP contribution in [-0.2, 0) is 4.74 Å². The fourth-order valence-electron chi connectivity index (χ4n) is 2.01. The Morgan fingerprint density at radius 3 is 2.53 bits per heavy atom. The number of rotatable bonds is 2. The van der Waals surface area contributed by atoms with Gasteiger partial charge in [-0.05, 0) is 34.9 Å². The zero-order valence-corrected chi connectivity index (χ0v) is 9.99. The Morgan fingerprint density at radius 2 is 1.88 bits per heavy atom. The molecule has 86 valence electrons. The molecule has 0 aromatic heterocycles. The van der Waals surface area contributed by atoms with Gasteiger partial charge in [0.25, 0.3) is 0 Å². The van der Waals surface area contributed by atoms with Gasteiger partial charge in [-0.1, -0.05) is 36.9 Å². The molecule has 0 amide bonds. The van der Waals surface area contributed by atoms with Crippen molar-refractivity contribution in [1.82, 2.24) is 0 Å². The van der Waals surface area contributed by atoms with Crippen LogP contribution in [0.15, 0.2) is 43.0 Å². The van der Waals surface area contributed by atoms with Gasteiger partial charge in [-0.2, -0.15) is 0 Å². The van der Waals surface area contributed by atoms with Gasteiger partial charge in [-0.3, -0.25) is 0 Å². The standard InChI is InChI=1S/C15H14O2/c1-10(2)14-12-7-5-4-6-11(12)8-9-13(14)15(16)17-3/h4-9H,1H2,2-3H3. The normalized spacial score (nSPS) is 10.2. The maximum atomic E-state index is 11.7. The van der Waals surface area contributed by atoms with Gasteiger partial charge in [0.2, 0.25) is 0 Å². The number of allylic oxidation sites excluding steroid dienone is 1. The lowest BCUT2D eigenvalue weighted by molar-refractivity contribution is 0.0600. The molecule has 0 atom stereocenters. The van der Waals surface area contributed by atoms with Crippen LogP contribution in [0.2, 0.25) is 0 Å². The molecule has 2 heteroatoms. The highest BCUT2D eigenvalue weighted by atomic mass is 16.5. The largest absolute Gasteiger partial charge is 0.465 e. The minimum absolute atomic E-state index is 0.325. The van der Waals surface area contributed by atoms with Crippen molar-refractivity contribution >= 4 is 22.3 Å². The van der Waals surface area contributed by atoms with Crippen molar-refractivity contribution in [2.45, 2.75) is 6.92 Å². The third kappa shape index (κ3) is 1.94. The van der Waals surface area contributed by atoms with Crippen LogP contribution in [0.5, 0.6) is 0 Å². The second-order valence-corrected chi connectivity index (χ2v) is 3.98. The molecule has 17 heavy (non-hydrogen) atoms. The predicted octanol–water partition coefficient (Wildman–Crippen LogP) is 3.66. The summed E-state index contributed by atoms with van der Waals surface area (Å²) in [6, 6.07) is 11.7. The van der Waals surface area contributed by atoms with Crippen molar-refractivity contribution in [2.75, 3.05) is 7.11 Å². The second kappa shape index (κ2) is 4.42. The third-order valence-electron chi connectivity index (χ3n) is 2.76. The highest BCUT2D eigenvalue weighted by Crippen LogP contribution is 2.28. The number of benzene rings is 2. The molecule has 2 aromatic carbocycles. The first kappa shape index (κ1) is 11.4. The molecule has 2 aromatic rings. The summed E-state index contributed by atoms with van der Waals surface area (Å²) in [7, 11) is 1.39. The van der Waals surface area contributed by atoms with E-state index >= 15 is 0 Å². The Bertz CT molecular complexity index is 597. The van der Waals surface area contributed by atoms with Crippen molar-refractivity contribution in [3.8, 4) is 0 Å². The average molecular weight is 226 g/mol. The topological polar surface area (TPSA) is 26.3 Å². The number of esters is 1. The molecular weight excluding hydrogens is 212 g/mol. The zero-order chi connectivity index (χ0) is 12.4. The quantitative estimate of drug-likeness (QED) is 0.730. The van der Waals surface area contributed by atoms with Crippen molar-refractivity contribution in [3.05, 3.63) is 54.1 Å². The fraction of sp³-hybridized carbons (Fsp3) is 0.133. The van der Waals surface area contributed by atoms with Gasteiger partial charge in [0, 0.05) is 0 Å². The summed E-state index contributed by atoms with van der Waals surface area (Å²) >= 11 is 0. The Labute approximate surface area is 101 Å². The van der Waals surface area contributed by atoms with E-state index in [1.54, 1.807) is 6.07 Å². The monoisotopic (exact) mass is 226 g/mol. The molecular formula is C15H14O2. The van der Waals surface area contributed by atoms with Crippen LogP contribution in [0.1, 0.15) is 22.8 Å². The summed E-state index contributed by atoms with van der Waals surface area (Å²) in [4.78, 5) is 11.7. The molecule has 2 nitrogen and oxygen atoms in total. The van der Waals surface area contributed by atoms with Crippen molar-refractivity contribution in [3.63, 3.8) is 0 Å². The van der Waals surface area contributed by atoms with Crippen LogP contribution >= 0.6 is 0 Å². The van der Waals surface area contributed by atoms with E-state index in [0.717, 1.165) is 21.9 Å². The maximum Gasteiger partial charge on any atom is 0.338 e. The van der Waals surface area contributed by atoms with E-state index in [1.807, 2.05) is 37.3 Å². The number of hydrogen-bond donors (Lipinski definition) is 0. The lowest BCUT2D eigenvalue weighted by Crippen LogP contribution is -2.05. The molecule has 0 unspecified atom stereocenters. The van der Waals surface area contributed by atoms with Gasteiger partial charge < -0.3 is 4.74 Å². The molecule has 0 aliphatic carbocycles. The average Bonchev–Trinajstić information content (AvgIpc) is 2.36. The number of methoxy groups -OCH3 is 1. The van der Waals surface area contributed by atoms with Gasteiger partial charge in [0.1, 0.15) is 0 Å². The number of hydrogen-bond acceptors (Lipinski definition) is 2. The van der Waals surface area contributed by atoms with Gasteiger partial charge in [-0.25, -0.2) is 4.79 Å². The third-order valence-corrected chi connectivity index (χ3v) is 2.76. The van der Waals surface area contributed by atoms with Gasteiger partial charge in [0.05, 0.1) is 12.7 Å². The summed E-state index contributed by atoms with van der Waals surface area (Å²) in [5.74, 6) is -0.325. The minimum atomic E-state index is -0.325. The highest BCUT2D eigenvalue weighted by Gasteiger charge is 2.14. The Hall–Kier alpha value is -2.09. The lowest BCUT2D eigenvalue weighted by Gasteiger charge is -2.11. The fourth-order valence-corrected chi connectivity index (χ4v) is 2.01. The van der Waals surface area contributed by atoms with Gasteiger partial charge >= 0.3 is 5.97 Å². The second-order valence-electron chi connectivity index (χ2n) is 3.98. The molecule has 0 bridgehead atoms. The van der Waals surface area contributed by atoms with E-state index in [1.165, 1.54) is 7.11 Å². The SMILES string of the molecule is C=C(C)c1c(C(=O)OC)ccc2ccccc12. The molecule has 0 fully saturated rings. The molecule has 0 saturated carbocycles. The molecule has 0 spiro atoms. The van der Waals surface area contributed by atoms with Crippen LogP contribution in [0.4, 0.5) is 0 Å². The maximum absolute atomic E-state index is 11.7. The van der Waals surface area contributed by atoms with E-state index in [9.17, 15) is 4.79 Å². The first-order valence-electron chi connectivity index (χ1n) is 5.41. The number of fused-ring (bicyclic) bond motifs is 1. The van der Waals surface area contributed by atoms with Gasteiger partial charge in [0.15, 0.2) is 0 Å². The summed E-state index contributed by atoms with van der Waals surface area (Å²) in [5.41, 5.74) is 2.30. The highest BCUT2D eigenvalue weighted by molar-refractivity contribution is 6.04. The van der Waals surface area contributed by atoms with E-state index < -0.39 is 0 Å². The number of carbonyl (C=O) groups excluding carboxylic acids is 1. The number of carbonyl (C=O) groups is 1. The minimum Gasteiger partial charge on any atom is -0.465 e. The zero-order valence-electron chi connectivity index (χ0n) is 9.99. The lowest BCUT2D eigenvalue weighted by atomic mass is 9.95. The van der Waals surface area contributed by atoms with E-state index in [-0.39, 0.29) is 5.97 Å². The first-order chi connectivity index (χ1) is 8.15. The van der Waals surface area contributed by atoms with Crippen LogP contribution in [-0.4, -0.2) is 13.1 Å². The molecule has 0 N–H and O–H groups in total. The van der Waals surface area contributed by atoms with Gasteiger partial charge in [-0.15, -0.1) is 0 Å². The Kier molecular flexibility index (Phi) is 2.96. The van der Waals surface area contributed by atoms with Crippen molar-refractivity contribution in [2.24, 2.45) is 0 Å². The summed E-state index contributed by atoms with van der Waals surface area (Å²) in [6.07, 6.45) is 0. The predicted molar refractivity (Wildman–Crippen MR) is 70.0 cm³/mol. The molecule has 0 saturated heterocycles. The number of ether oxygens (including phenoxy) is 1. The van der Waals surface area contributed by atoms with E-state index in [4.69, 9.17) is 4.74 Å². The van der Waals surface area contributed by atoms with Crippen LogP contribution in [0, 0.1) is 0 Å². The van der Waals surface area contributed by atoms with E-state index in [0.29, 0.717) is 5.56 Å². The van der Waals surface area contributed by atoms with Crippen LogP contribution < -0.4 is 0 Å².